The van der Waals surface area contributed by atoms with Gasteiger partial charge in [0, 0.05) is 5.39 Å². The number of carbonyl (C=O) groups is 1. The number of esters is 1. The molecular weight excluding hydrogens is 618 g/mol. The number of rotatable bonds is 7. The predicted octanol–water partition coefficient (Wildman–Crippen LogP) is 6.55. The smallest absolute Gasteiger partial charge is 0.344 e. The van der Waals surface area contributed by atoms with E-state index >= 15 is 0 Å². The average Bonchev–Trinajstić information content (AvgIpc) is 3.31. The number of nitrogens with zero attached hydrogens (tertiary/aromatic N) is 3. The largest absolute Gasteiger partial charge is 0.480 e. The van der Waals surface area contributed by atoms with Gasteiger partial charge in [0.1, 0.15) is 11.3 Å². The monoisotopic (exact) mass is 637 g/mol. The van der Waals surface area contributed by atoms with Crippen LogP contribution in [-0.2, 0) is 9.53 Å². The maximum atomic E-state index is 13.5. The standard InChI is InChI=1S/C28H21Br2N3O5/c1-16(2)37-25(34)15-36-26-20(29)11-17(12-21(26)30)14-31-33-27(24-13-18-7-3-6-10-23(18)38-24)32-22-9-5-4-8-19(22)28(33)35/h3-14,16H,15H2,1-2H3. The molecule has 0 aliphatic heterocycles. The molecule has 0 aliphatic carbocycles. The van der Waals surface area contributed by atoms with E-state index in [-0.39, 0.29) is 24.1 Å². The highest BCUT2D eigenvalue weighted by Crippen LogP contribution is 2.34. The number of carbonyl (C=O) groups excluding carboxylic acids is 1. The minimum atomic E-state index is -0.467. The SMILES string of the molecule is CC(C)OC(=O)COc1c(Br)cc(C=Nn2c(-c3cc4ccccc4o3)nc3ccccc3c2=O)cc1Br. The summed E-state index contributed by atoms with van der Waals surface area (Å²) in [5.74, 6) is 0.676. The minimum absolute atomic E-state index is 0.228. The number of benzene rings is 3. The second-order valence-electron chi connectivity index (χ2n) is 8.60. The van der Waals surface area contributed by atoms with Crippen LogP contribution in [0.15, 0.2) is 90.0 Å². The molecule has 8 nitrogen and oxygen atoms in total. The summed E-state index contributed by atoms with van der Waals surface area (Å²) in [5, 5.41) is 5.82. The maximum absolute atomic E-state index is 13.5. The lowest BCUT2D eigenvalue weighted by Crippen LogP contribution is -2.20. The van der Waals surface area contributed by atoms with Crippen LogP contribution in [0.4, 0.5) is 0 Å². The summed E-state index contributed by atoms with van der Waals surface area (Å²) in [7, 11) is 0. The van der Waals surface area contributed by atoms with Gasteiger partial charge < -0.3 is 13.9 Å². The number of aromatic nitrogens is 2. The van der Waals surface area contributed by atoms with Crippen LogP contribution in [0, 0.1) is 0 Å². The van der Waals surface area contributed by atoms with Crippen LogP contribution in [0.3, 0.4) is 0 Å². The van der Waals surface area contributed by atoms with Gasteiger partial charge in [-0.2, -0.15) is 9.78 Å². The van der Waals surface area contributed by atoms with Crippen LogP contribution < -0.4 is 10.3 Å². The lowest BCUT2D eigenvalue weighted by Gasteiger charge is -2.12. The zero-order chi connectivity index (χ0) is 26.8. The highest BCUT2D eigenvalue weighted by Gasteiger charge is 2.17. The Balaban J connectivity index is 1.52. The molecule has 192 valence electrons. The second kappa shape index (κ2) is 10.9. The first-order chi connectivity index (χ1) is 18.3. The molecule has 0 aliphatic rings. The van der Waals surface area contributed by atoms with Gasteiger partial charge in [-0.15, -0.1) is 0 Å². The molecule has 38 heavy (non-hydrogen) atoms. The Morgan fingerprint density at radius 3 is 2.53 bits per heavy atom. The number of ether oxygens (including phenoxy) is 2. The summed E-state index contributed by atoms with van der Waals surface area (Å²) < 4.78 is 19.2. The fourth-order valence-corrected chi connectivity index (χ4v) is 5.28. The third kappa shape index (κ3) is 5.41. The van der Waals surface area contributed by atoms with Crippen molar-refractivity contribution in [3.05, 3.63) is 91.6 Å². The molecule has 2 heterocycles. The first-order valence-corrected chi connectivity index (χ1v) is 13.2. The lowest BCUT2D eigenvalue weighted by molar-refractivity contribution is -0.149. The number of hydrogen-bond donors (Lipinski definition) is 0. The molecular formula is C28H21Br2N3O5. The molecule has 0 fully saturated rings. The van der Waals surface area contributed by atoms with Gasteiger partial charge in [-0.3, -0.25) is 4.79 Å². The Bertz CT molecular complexity index is 1700. The summed E-state index contributed by atoms with van der Waals surface area (Å²) in [4.78, 5) is 30.0. The van der Waals surface area contributed by atoms with E-state index in [1.165, 1.54) is 10.9 Å². The van der Waals surface area contributed by atoms with E-state index in [4.69, 9.17) is 18.9 Å². The van der Waals surface area contributed by atoms with Gasteiger partial charge in [-0.05, 0) is 87.7 Å². The van der Waals surface area contributed by atoms with Crippen LogP contribution >= 0.6 is 31.9 Å². The minimum Gasteiger partial charge on any atom is -0.480 e. The Hall–Kier alpha value is -3.76. The zero-order valence-corrected chi connectivity index (χ0v) is 23.5. The van der Waals surface area contributed by atoms with Gasteiger partial charge in [0.25, 0.3) is 5.56 Å². The fraction of sp³-hybridized carbons (Fsp3) is 0.143. The molecule has 0 N–H and O–H groups in total. The van der Waals surface area contributed by atoms with Crippen LogP contribution in [0.25, 0.3) is 33.5 Å². The molecule has 0 spiro atoms. The Kier molecular flexibility index (Phi) is 7.44. The van der Waals surface area contributed by atoms with Crippen molar-refractivity contribution >= 4 is 65.9 Å². The molecule has 0 saturated heterocycles. The van der Waals surface area contributed by atoms with Crippen molar-refractivity contribution in [3.8, 4) is 17.3 Å². The summed E-state index contributed by atoms with van der Waals surface area (Å²) in [5.41, 5.74) is 1.56. The van der Waals surface area contributed by atoms with Crippen molar-refractivity contribution < 1.29 is 18.7 Å². The van der Waals surface area contributed by atoms with E-state index < -0.39 is 5.97 Å². The third-order valence-corrected chi connectivity index (χ3v) is 6.62. The summed E-state index contributed by atoms with van der Waals surface area (Å²) >= 11 is 6.96. The highest BCUT2D eigenvalue weighted by molar-refractivity contribution is 9.11. The van der Waals surface area contributed by atoms with Crippen LogP contribution in [0.5, 0.6) is 5.75 Å². The lowest BCUT2D eigenvalue weighted by atomic mass is 10.2. The second-order valence-corrected chi connectivity index (χ2v) is 10.3. The normalized spacial score (nSPS) is 11.6. The molecule has 0 saturated carbocycles. The van der Waals surface area contributed by atoms with Crippen molar-refractivity contribution in [1.82, 2.24) is 9.66 Å². The first-order valence-electron chi connectivity index (χ1n) is 11.7. The Labute approximate surface area is 234 Å². The quantitative estimate of drug-likeness (QED) is 0.148. The fourth-order valence-electron chi connectivity index (χ4n) is 3.83. The van der Waals surface area contributed by atoms with Gasteiger partial charge in [0.15, 0.2) is 12.4 Å². The average molecular weight is 639 g/mol. The number of halogens is 2. The van der Waals surface area contributed by atoms with Gasteiger partial charge in [0.05, 0.1) is 32.2 Å². The van der Waals surface area contributed by atoms with Crippen LogP contribution in [0.2, 0.25) is 0 Å². The molecule has 0 radical (unpaired) electrons. The molecule has 10 heteroatoms. The Morgan fingerprint density at radius 2 is 1.79 bits per heavy atom. The molecule has 0 unspecified atom stereocenters. The topological polar surface area (TPSA) is 95.9 Å². The summed E-state index contributed by atoms with van der Waals surface area (Å²) in [6.45, 7) is 3.31. The molecule has 3 aromatic carbocycles. The third-order valence-electron chi connectivity index (χ3n) is 5.44. The van der Waals surface area contributed by atoms with E-state index in [1.54, 1.807) is 44.2 Å². The van der Waals surface area contributed by atoms with Crippen molar-refractivity contribution in [3.63, 3.8) is 0 Å². The molecule has 2 aromatic heterocycles. The van der Waals surface area contributed by atoms with E-state index in [0.29, 0.717) is 42.5 Å². The van der Waals surface area contributed by atoms with E-state index in [2.05, 4.69) is 37.0 Å². The highest BCUT2D eigenvalue weighted by atomic mass is 79.9. The molecule has 0 atom stereocenters. The maximum Gasteiger partial charge on any atom is 0.344 e. The van der Waals surface area contributed by atoms with Crippen molar-refractivity contribution in [2.45, 2.75) is 20.0 Å². The van der Waals surface area contributed by atoms with E-state index in [0.717, 1.165) is 5.39 Å². The van der Waals surface area contributed by atoms with Crippen LogP contribution in [0.1, 0.15) is 19.4 Å². The molecule has 5 aromatic rings. The number of hydrogen-bond acceptors (Lipinski definition) is 7. The molecule has 0 amide bonds. The first kappa shape index (κ1) is 25.9. The van der Waals surface area contributed by atoms with E-state index in [1.807, 2.05) is 36.4 Å². The van der Waals surface area contributed by atoms with Crippen molar-refractivity contribution in [1.29, 1.82) is 0 Å². The number of para-hydroxylation sites is 2. The molecule has 0 bridgehead atoms. The van der Waals surface area contributed by atoms with Crippen molar-refractivity contribution in [2.24, 2.45) is 5.10 Å². The van der Waals surface area contributed by atoms with Crippen molar-refractivity contribution in [2.75, 3.05) is 6.61 Å². The molecule has 5 rings (SSSR count). The van der Waals surface area contributed by atoms with Gasteiger partial charge >= 0.3 is 5.97 Å². The summed E-state index contributed by atoms with van der Waals surface area (Å²) in [6, 6.07) is 20.0. The number of furan rings is 1. The van der Waals surface area contributed by atoms with Gasteiger partial charge in [-0.1, -0.05) is 30.3 Å². The van der Waals surface area contributed by atoms with Crippen LogP contribution in [-0.4, -0.2) is 34.6 Å². The zero-order valence-electron chi connectivity index (χ0n) is 20.4. The Morgan fingerprint density at radius 1 is 1.08 bits per heavy atom. The van der Waals surface area contributed by atoms with Gasteiger partial charge in [-0.25, -0.2) is 9.78 Å². The predicted molar refractivity (Wildman–Crippen MR) is 153 cm³/mol. The number of fused-ring (bicyclic) bond motifs is 2. The van der Waals surface area contributed by atoms with Gasteiger partial charge in [0.2, 0.25) is 5.82 Å². The summed E-state index contributed by atoms with van der Waals surface area (Å²) in [6.07, 6.45) is 1.31. The van der Waals surface area contributed by atoms with E-state index in [9.17, 15) is 9.59 Å².